The van der Waals surface area contributed by atoms with E-state index in [9.17, 15) is 4.79 Å². The highest BCUT2D eigenvalue weighted by Gasteiger charge is 2.35. The number of nitrogens with one attached hydrogen (secondary N) is 1. The Morgan fingerprint density at radius 2 is 2.10 bits per heavy atom. The molecule has 1 aromatic carbocycles. The molecule has 0 aliphatic heterocycles. The number of imidazole rings is 1. The highest BCUT2D eigenvalue weighted by atomic mass is 16.2. The summed E-state index contributed by atoms with van der Waals surface area (Å²) in [5, 5.41) is 2.96. The van der Waals surface area contributed by atoms with Gasteiger partial charge < -0.3 is 15.6 Å². The second-order valence-electron chi connectivity index (χ2n) is 5.69. The van der Waals surface area contributed by atoms with Crippen molar-refractivity contribution in [3.05, 3.63) is 43.0 Å². The normalized spacial score (nSPS) is 17.4. The van der Waals surface area contributed by atoms with E-state index in [2.05, 4.69) is 10.3 Å². The number of anilines is 1. The minimum Gasteiger partial charge on any atom is -0.324 e. The molecular weight excluding hydrogens is 264 g/mol. The Balaban J connectivity index is 1.76. The van der Waals surface area contributed by atoms with E-state index in [1.165, 1.54) is 6.42 Å². The van der Waals surface area contributed by atoms with Crippen molar-refractivity contribution in [1.29, 1.82) is 0 Å². The van der Waals surface area contributed by atoms with Gasteiger partial charge in [-0.1, -0.05) is 25.3 Å². The van der Waals surface area contributed by atoms with E-state index in [0.717, 1.165) is 37.1 Å². The minimum atomic E-state index is -0.719. The fraction of sp³-hybridized carbons (Fsp3) is 0.375. The van der Waals surface area contributed by atoms with Crippen molar-refractivity contribution in [3.63, 3.8) is 0 Å². The van der Waals surface area contributed by atoms with Gasteiger partial charge in [0.15, 0.2) is 0 Å². The van der Waals surface area contributed by atoms with Gasteiger partial charge in [-0.2, -0.15) is 0 Å². The maximum absolute atomic E-state index is 12.4. The number of nitrogens with two attached hydrogens (primary N) is 1. The third kappa shape index (κ3) is 2.97. The number of amides is 1. The van der Waals surface area contributed by atoms with Crippen LogP contribution >= 0.6 is 0 Å². The molecular formula is C16H20N4O. The lowest BCUT2D eigenvalue weighted by atomic mass is 9.82. The monoisotopic (exact) mass is 284 g/mol. The molecule has 110 valence electrons. The smallest absolute Gasteiger partial charge is 0.244 e. The first-order valence-electron chi connectivity index (χ1n) is 7.36. The molecule has 0 atom stereocenters. The van der Waals surface area contributed by atoms with Gasteiger partial charge in [0, 0.05) is 23.8 Å². The Morgan fingerprint density at radius 1 is 1.29 bits per heavy atom. The summed E-state index contributed by atoms with van der Waals surface area (Å²) < 4.78 is 1.90. The van der Waals surface area contributed by atoms with Crippen LogP contribution in [0.15, 0.2) is 43.0 Å². The molecule has 1 aliphatic carbocycles. The third-order valence-electron chi connectivity index (χ3n) is 4.10. The molecule has 1 aliphatic rings. The van der Waals surface area contributed by atoms with Crippen molar-refractivity contribution in [1.82, 2.24) is 9.55 Å². The maximum Gasteiger partial charge on any atom is 0.244 e. The van der Waals surface area contributed by atoms with Crippen molar-refractivity contribution >= 4 is 11.6 Å². The number of aromatic nitrogens is 2. The largest absolute Gasteiger partial charge is 0.324 e. The molecule has 0 radical (unpaired) electrons. The van der Waals surface area contributed by atoms with Crippen LogP contribution in [0.3, 0.4) is 0 Å². The molecule has 0 bridgehead atoms. The molecule has 1 aromatic heterocycles. The molecule has 0 spiro atoms. The number of benzene rings is 1. The summed E-state index contributed by atoms with van der Waals surface area (Å²) in [6.45, 7) is 0. The number of carbonyl (C=O) groups is 1. The first-order chi connectivity index (χ1) is 10.2. The van der Waals surface area contributed by atoms with Gasteiger partial charge in [0.05, 0.1) is 11.9 Å². The second-order valence-corrected chi connectivity index (χ2v) is 5.69. The van der Waals surface area contributed by atoms with Crippen LogP contribution in [0.5, 0.6) is 0 Å². The van der Waals surface area contributed by atoms with Gasteiger partial charge in [-0.3, -0.25) is 4.79 Å². The van der Waals surface area contributed by atoms with E-state index >= 15 is 0 Å². The number of hydrogen-bond acceptors (Lipinski definition) is 3. The average molecular weight is 284 g/mol. The van der Waals surface area contributed by atoms with Gasteiger partial charge in [0.25, 0.3) is 0 Å². The summed E-state index contributed by atoms with van der Waals surface area (Å²) in [6, 6.07) is 7.68. The van der Waals surface area contributed by atoms with Crippen LogP contribution in [0.4, 0.5) is 5.69 Å². The average Bonchev–Trinajstić information content (AvgIpc) is 3.02. The zero-order valence-electron chi connectivity index (χ0n) is 12.0. The molecule has 5 nitrogen and oxygen atoms in total. The predicted molar refractivity (Wildman–Crippen MR) is 82.2 cm³/mol. The summed E-state index contributed by atoms with van der Waals surface area (Å²) in [6.07, 6.45) is 10.1. The van der Waals surface area contributed by atoms with Crippen LogP contribution in [0, 0.1) is 0 Å². The van der Waals surface area contributed by atoms with Crippen molar-refractivity contribution in [2.24, 2.45) is 5.73 Å². The zero-order chi connectivity index (χ0) is 14.7. The fourth-order valence-corrected chi connectivity index (χ4v) is 2.82. The molecule has 0 unspecified atom stereocenters. The first-order valence-corrected chi connectivity index (χ1v) is 7.36. The molecule has 2 aromatic rings. The summed E-state index contributed by atoms with van der Waals surface area (Å²) in [7, 11) is 0. The summed E-state index contributed by atoms with van der Waals surface area (Å²) >= 11 is 0. The minimum absolute atomic E-state index is 0.0787. The Bertz CT molecular complexity index is 615. The van der Waals surface area contributed by atoms with Gasteiger partial charge in [-0.25, -0.2) is 4.98 Å². The molecule has 3 rings (SSSR count). The van der Waals surface area contributed by atoms with Crippen LogP contribution < -0.4 is 11.1 Å². The molecule has 1 amide bonds. The van der Waals surface area contributed by atoms with Crippen LogP contribution in [0.25, 0.3) is 5.69 Å². The standard InChI is InChI=1S/C16H20N4O/c17-16(7-2-1-3-8-16)15(21)19-13-5-4-6-14(11-13)20-10-9-18-12-20/h4-6,9-12H,1-3,7-8,17H2,(H,19,21). The third-order valence-corrected chi connectivity index (χ3v) is 4.10. The lowest BCUT2D eigenvalue weighted by molar-refractivity contribution is -0.122. The highest BCUT2D eigenvalue weighted by Crippen LogP contribution is 2.27. The van der Waals surface area contributed by atoms with Crippen LogP contribution in [-0.2, 0) is 4.79 Å². The molecule has 0 saturated heterocycles. The molecule has 3 N–H and O–H groups in total. The van der Waals surface area contributed by atoms with E-state index < -0.39 is 5.54 Å². The summed E-state index contributed by atoms with van der Waals surface area (Å²) in [5.74, 6) is -0.0787. The predicted octanol–water partition coefficient (Wildman–Crippen LogP) is 2.47. The highest BCUT2D eigenvalue weighted by molar-refractivity contribution is 5.98. The topological polar surface area (TPSA) is 72.9 Å². The first kappa shape index (κ1) is 13.8. The SMILES string of the molecule is NC1(C(=O)Nc2cccc(-n3ccnc3)c2)CCCCC1. The van der Waals surface area contributed by atoms with E-state index in [1.807, 2.05) is 35.0 Å². The van der Waals surface area contributed by atoms with Gasteiger partial charge >= 0.3 is 0 Å². The molecule has 1 heterocycles. The van der Waals surface area contributed by atoms with Gasteiger partial charge in [-0.05, 0) is 31.0 Å². The Morgan fingerprint density at radius 3 is 2.81 bits per heavy atom. The van der Waals surface area contributed by atoms with Crippen LogP contribution in [0.1, 0.15) is 32.1 Å². The Kier molecular flexibility index (Phi) is 3.75. The van der Waals surface area contributed by atoms with E-state index in [-0.39, 0.29) is 5.91 Å². The van der Waals surface area contributed by atoms with Crippen molar-refractivity contribution in [3.8, 4) is 5.69 Å². The Hall–Kier alpha value is -2.14. The molecule has 5 heteroatoms. The fourth-order valence-electron chi connectivity index (χ4n) is 2.82. The molecule has 21 heavy (non-hydrogen) atoms. The lowest BCUT2D eigenvalue weighted by Crippen LogP contribution is -2.52. The lowest BCUT2D eigenvalue weighted by Gasteiger charge is -2.31. The van der Waals surface area contributed by atoms with E-state index in [1.54, 1.807) is 12.5 Å². The second kappa shape index (κ2) is 5.69. The van der Waals surface area contributed by atoms with Crippen molar-refractivity contribution in [2.45, 2.75) is 37.6 Å². The van der Waals surface area contributed by atoms with Gasteiger partial charge in [0.2, 0.25) is 5.91 Å². The zero-order valence-corrected chi connectivity index (χ0v) is 12.0. The summed E-state index contributed by atoms with van der Waals surface area (Å²) in [4.78, 5) is 16.5. The summed E-state index contributed by atoms with van der Waals surface area (Å²) in [5.41, 5.74) is 7.26. The quantitative estimate of drug-likeness (QED) is 0.909. The van der Waals surface area contributed by atoms with Crippen LogP contribution in [-0.4, -0.2) is 21.0 Å². The van der Waals surface area contributed by atoms with E-state index in [4.69, 9.17) is 5.73 Å². The molecule has 1 fully saturated rings. The van der Waals surface area contributed by atoms with Crippen LogP contribution in [0.2, 0.25) is 0 Å². The van der Waals surface area contributed by atoms with E-state index in [0.29, 0.717) is 0 Å². The maximum atomic E-state index is 12.4. The van der Waals surface area contributed by atoms with Crippen molar-refractivity contribution in [2.75, 3.05) is 5.32 Å². The number of carbonyl (C=O) groups excluding carboxylic acids is 1. The number of hydrogen-bond donors (Lipinski definition) is 2. The Labute approximate surface area is 124 Å². The number of nitrogens with zero attached hydrogens (tertiary/aromatic N) is 2. The van der Waals surface area contributed by atoms with Crippen molar-refractivity contribution < 1.29 is 4.79 Å². The van der Waals surface area contributed by atoms with Gasteiger partial charge in [0.1, 0.15) is 0 Å². The molecule has 1 saturated carbocycles. The van der Waals surface area contributed by atoms with Gasteiger partial charge in [-0.15, -0.1) is 0 Å². The number of rotatable bonds is 3.